The Balaban J connectivity index is 2.68. The zero-order valence-electron chi connectivity index (χ0n) is 11.7. The van der Waals surface area contributed by atoms with Gasteiger partial charge in [-0.1, -0.05) is 27.7 Å². The van der Waals surface area contributed by atoms with E-state index in [1.807, 2.05) is 0 Å². The summed E-state index contributed by atoms with van der Waals surface area (Å²) in [5.41, 5.74) is 1.23. The van der Waals surface area contributed by atoms with Crippen molar-refractivity contribution in [2.24, 2.45) is 10.8 Å². The Hall–Kier alpha value is -0.0400. The Morgan fingerprint density at radius 3 is 1.67 bits per heavy atom. The van der Waals surface area contributed by atoms with Crippen molar-refractivity contribution in [3.63, 3.8) is 0 Å². The van der Waals surface area contributed by atoms with Crippen LogP contribution in [-0.4, -0.2) is 11.6 Å². The van der Waals surface area contributed by atoms with Gasteiger partial charge >= 0.3 is 0 Å². The summed E-state index contributed by atoms with van der Waals surface area (Å²) in [7, 11) is 0. The van der Waals surface area contributed by atoms with E-state index in [4.69, 9.17) is 0 Å². The second kappa shape index (κ2) is 3.76. The van der Waals surface area contributed by atoms with Crippen molar-refractivity contribution >= 4 is 0 Å². The lowest BCUT2D eigenvalue weighted by Gasteiger charge is -2.47. The molecule has 0 aliphatic heterocycles. The van der Waals surface area contributed by atoms with Crippen LogP contribution in [0.5, 0.6) is 0 Å². The second-order valence-corrected chi connectivity index (χ2v) is 8.00. The number of rotatable bonds is 1. The number of hydrogen-bond acceptors (Lipinski definition) is 1. The fourth-order valence-electron chi connectivity index (χ4n) is 3.56. The van der Waals surface area contributed by atoms with Crippen molar-refractivity contribution in [3.8, 4) is 0 Å². The molecule has 0 amide bonds. The van der Waals surface area contributed by atoms with Crippen LogP contribution in [-0.2, 0) is 0 Å². The highest BCUT2D eigenvalue weighted by molar-refractivity contribution is 4.94. The molecule has 0 aromatic rings. The molecule has 1 aliphatic rings. The SMILES string of the molecule is CC1(C)CC(NC(C)(C)C)CC(C)(C)C1. The molecule has 0 atom stereocenters. The monoisotopic (exact) mass is 211 g/mol. The maximum absolute atomic E-state index is 3.77. The van der Waals surface area contributed by atoms with E-state index in [9.17, 15) is 0 Å². The summed E-state index contributed by atoms with van der Waals surface area (Å²) in [6, 6.07) is 0.684. The molecular formula is C14H29N. The maximum atomic E-state index is 3.77. The summed E-state index contributed by atoms with van der Waals surface area (Å²) in [5, 5.41) is 3.77. The molecule has 0 unspecified atom stereocenters. The predicted molar refractivity (Wildman–Crippen MR) is 68.1 cm³/mol. The minimum Gasteiger partial charge on any atom is -0.309 e. The van der Waals surface area contributed by atoms with Crippen LogP contribution in [0.2, 0.25) is 0 Å². The minimum absolute atomic E-state index is 0.244. The molecule has 1 saturated carbocycles. The third-order valence-corrected chi connectivity index (χ3v) is 3.19. The highest BCUT2D eigenvalue weighted by Gasteiger charge is 2.39. The largest absolute Gasteiger partial charge is 0.309 e. The van der Waals surface area contributed by atoms with Crippen LogP contribution in [0.15, 0.2) is 0 Å². The topological polar surface area (TPSA) is 12.0 Å². The Morgan fingerprint density at radius 2 is 1.33 bits per heavy atom. The van der Waals surface area contributed by atoms with Gasteiger partial charge in [-0.3, -0.25) is 0 Å². The number of hydrogen-bond donors (Lipinski definition) is 1. The van der Waals surface area contributed by atoms with Gasteiger partial charge in [0.05, 0.1) is 0 Å². The van der Waals surface area contributed by atoms with Gasteiger partial charge in [0.2, 0.25) is 0 Å². The van der Waals surface area contributed by atoms with Gasteiger partial charge in [0.15, 0.2) is 0 Å². The Bertz CT molecular complexity index is 201. The molecule has 0 bridgehead atoms. The van der Waals surface area contributed by atoms with E-state index in [0.29, 0.717) is 16.9 Å². The first-order chi connectivity index (χ1) is 6.49. The lowest BCUT2D eigenvalue weighted by Crippen LogP contribution is -2.50. The zero-order chi connectivity index (χ0) is 11.9. The molecule has 90 valence electrons. The molecule has 0 aromatic heterocycles. The van der Waals surface area contributed by atoms with Crippen LogP contribution in [0, 0.1) is 10.8 Å². The second-order valence-electron chi connectivity index (χ2n) is 8.00. The lowest BCUT2D eigenvalue weighted by atomic mass is 9.63. The molecule has 0 spiro atoms. The van der Waals surface area contributed by atoms with E-state index in [0.717, 1.165) is 0 Å². The highest BCUT2D eigenvalue weighted by atomic mass is 15.0. The highest BCUT2D eigenvalue weighted by Crippen LogP contribution is 2.45. The van der Waals surface area contributed by atoms with Crippen molar-refractivity contribution < 1.29 is 0 Å². The van der Waals surface area contributed by atoms with Gasteiger partial charge < -0.3 is 5.32 Å². The fourth-order valence-corrected chi connectivity index (χ4v) is 3.56. The molecule has 1 fully saturated rings. The molecular weight excluding hydrogens is 182 g/mol. The van der Waals surface area contributed by atoms with Gasteiger partial charge in [0.1, 0.15) is 0 Å². The van der Waals surface area contributed by atoms with Crippen LogP contribution in [0.4, 0.5) is 0 Å². The third-order valence-electron chi connectivity index (χ3n) is 3.19. The molecule has 0 heterocycles. The molecule has 1 N–H and O–H groups in total. The first kappa shape index (κ1) is 13.0. The van der Waals surface area contributed by atoms with Crippen LogP contribution in [0.25, 0.3) is 0 Å². The molecule has 0 saturated heterocycles. The summed E-state index contributed by atoms with van der Waals surface area (Å²) in [5.74, 6) is 0. The molecule has 0 radical (unpaired) electrons. The van der Waals surface area contributed by atoms with Gasteiger partial charge in [-0.05, 0) is 50.9 Å². The average Bonchev–Trinajstić information content (AvgIpc) is 1.70. The van der Waals surface area contributed by atoms with E-state index in [2.05, 4.69) is 53.8 Å². The summed E-state index contributed by atoms with van der Waals surface area (Å²) in [6.07, 6.45) is 3.98. The van der Waals surface area contributed by atoms with Crippen molar-refractivity contribution in [1.82, 2.24) is 5.32 Å². The normalized spacial score (nSPS) is 26.6. The summed E-state index contributed by atoms with van der Waals surface area (Å²) in [4.78, 5) is 0. The van der Waals surface area contributed by atoms with Crippen molar-refractivity contribution in [3.05, 3.63) is 0 Å². The van der Waals surface area contributed by atoms with Crippen LogP contribution >= 0.6 is 0 Å². The zero-order valence-corrected chi connectivity index (χ0v) is 11.7. The first-order valence-corrected chi connectivity index (χ1v) is 6.27. The smallest absolute Gasteiger partial charge is 0.00991 e. The van der Waals surface area contributed by atoms with E-state index in [-0.39, 0.29) is 5.54 Å². The summed E-state index contributed by atoms with van der Waals surface area (Å²) >= 11 is 0. The van der Waals surface area contributed by atoms with Gasteiger partial charge in [0, 0.05) is 11.6 Å². The van der Waals surface area contributed by atoms with Gasteiger partial charge in [-0.25, -0.2) is 0 Å². The van der Waals surface area contributed by atoms with E-state index in [1.54, 1.807) is 0 Å². The average molecular weight is 211 g/mol. The van der Waals surface area contributed by atoms with Gasteiger partial charge in [-0.2, -0.15) is 0 Å². The predicted octanol–water partition coefficient (Wildman–Crippen LogP) is 3.98. The third kappa shape index (κ3) is 4.55. The Labute approximate surface area is 96.0 Å². The van der Waals surface area contributed by atoms with Gasteiger partial charge in [0.25, 0.3) is 0 Å². The van der Waals surface area contributed by atoms with Crippen molar-refractivity contribution in [2.45, 2.75) is 79.3 Å². The molecule has 15 heavy (non-hydrogen) atoms. The summed E-state index contributed by atoms with van der Waals surface area (Å²) in [6.45, 7) is 16.4. The molecule has 1 heteroatoms. The molecule has 1 nitrogen and oxygen atoms in total. The van der Waals surface area contributed by atoms with Crippen molar-refractivity contribution in [1.29, 1.82) is 0 Å². The Morgan fingerprint density at radius 1 is 0.933 bits per heavy atom. The van der Waals surface area contributed by atoms with Crippen LogP contribution < -0.4 is 5.32 Å². The van der Waals surface area contributed by atoms with Crippen molar-refractivity contribution in [2.75, 3.05) is 0 Å². The quantitative estimate of drug-likeness (QED) is 0.692. The van der Waals surface area contributed by atoms with E-state index >= 15 is 0 Å². The van der Waals surface area contributed by atoms with Gasteiger partial charge in [-0.15, -0.1) is 0 Å². The standard InChI is InChI=1S/C14H29N/c1-12(2,3)15-11-8-13(4,5)10-14(6,7)9-11/h11,15H,8-10H2,1-7H3. The maximum Gasteiger partial charge on any atom is 0.00991 e. The van der Waals surface area contributed by atoms with Crippen LogP contribution in [0.3, 0.4) is 0 Å². The first-order valence-electron chi connectivity index (χ1n) is 6.27. The summed E-state index contributed by atoms with van der Waals surface area (Å²) < 4.78 is 0. The number of nitrogens with one attached hydrogen (secondary N) is 1. The lowest BCUT2D eigenvalue weighted by molar-refractivity contribution is 0.0749. The molecule has 1 rings (SSSR count). The fraction of sp³-hybridized carbons (Fsp3) is 1.00. The van der Waals surface area contributed by atoms with E-state index in [1.165, 1.54) is 19.3 Å². The Kier molecular flexibility index (Phi) is 3.27. The van der Waals surface area contributed by atoms with Crippen LogP contribution in [0.1, 0.15) is 67.7 Å². The molecule has 0 aromatic carbocycles. The van der Waals surface area contributed by atoms with E-state index < -0.39 is 0 Å². The minimum atomic E-state index is 0.244. The molecule has 1 aliphatic carbocycles.